The van der Waals surface area contributed by atoms with E-state index < -0.39 is 5.76 Å². The number of carbonyl (C=O) groups excluding carboxylic acids is 1. The number of nitrogens with zero attached hydrogens (tertiary/aromatic N) is 3. The Morgan fingerprint density at radius 1 is 1.22 bits per heavy atom. The summed E-state index contributed by atoms with van der Waals surface area (Å²) in [4.78, 5) is 12.7. The van der Waals surface area contributed by atoms with Crippen molar-refractivity contribution in [1.29, 1.82) is 0 Å². The Balaban J connectivity index is 1.55. The summed E-state index contributed by atoms with van der Waals surface area (Å²) in [5, 5.41) is 12.0. The van der Waals surface area contributed by atoms with Gasteiger partial charge < -0.3 is 9.88 Å². The van der Waals surface area contributed by atoms with Crippen LogP contribution in [0.15, 0.2) is 34.3 Å². The summed E-state index contributed by atoms with van der Waals surface area (Å²) in [6.45, 7) is 1.95. The van der Waals surface area contributed by atoms with Crippen LogP contribution in [0.2, 0.25) is 0 Å². The summed E-state index contributed by atoms with van der Waals surface area (Å²) >= 11 is 1.86. The van der Waals surface area contributed by atoms with Gasteiger partial charge in [-0.1, -0.05) is 42.8 Å². The third kappa shape index (κ3) is 5.68. The minimum Gasteiger partial charge on any atom is -0.325 e. The Kier molecular flexibility index (Phi) is 7.12. The molecule has 1 aromatic carbocycles. The average molecular weight is 413 g/mol. The van der Waals surface area contributed by atoms with Crippen molar-refractivity contribution in [3.8, 4) is 0 Å². The van der Waals surface area contributed by atoms with Crippen LogP contribution in [0.4, 0.5) is 14.5 Å². The fraction of sp³-hybridized carbons (Fsp3) is 0.500. The van der Waals surface area contributed by atoms with E-state index in [0.29, 0.717) is 28.4 Å². The van der Waals surface area contributed by atoms with Crippen LogP contribution in [0.3, 0.4) is 0 Å². The molecule has 1 N–H and O–H groups in total. The zero-order valence-electron chi connectivity index (χ0n) is 15.0. The predicted octanol–water partition coefficient (Wildman–Crippen LogP) is 5.14. The van der Waals surface area contributed by atoms with Gasteiger partial charge in [-0.3, -0.25) is 4.79 Å². The van der Waals surface area contributed by atoms with Gasteiger partial charge in [0.15, 0.2) is 5.16 Å². The molecule has 1 fully saturated rings. The van der Waals surface area contributed by atoms with Crippen LogP contribution >= 0.6 is 23.5 Å². The van der Waals surface area contributed by atoms with Gasteiger partial charge in [0.2, 0.25) is 5.91 Å². The van der Waals surface area contributed by atoms with Crippen molar-refractivity contribution in [3.05, 3.63) is 30.1 Å². The molecule has 2 aromatic rings. The first-order chi connectivity index (χ1) is 13.0. The molecule has 3 rings (SSSR count). The van der Waals surface area contributed by atoms with Crippen molar-refractivity contribution in [3.63, 3.8) is 0 Å². The number of rotatable bonds is 7. The molecule has 1 amide bonds. The highest BCUT2D eigenvalue weighted by Crippen LogP contribution is 2.32. The maximum absolute atomic E-state index is 12.3. The molecule has 0 bridgehead atoms. The van der Waals surface area contributed by atoms with Gasteiger partial charge in [-0.05, 0) is 44.0 Å². The molecule has 0 radical (unpaired) electrons. The van der Waals surface area contributed by atoms with Gasteiger partial charge in [0.05, 0.1) is 5.75 Å². The van der Waals surface area contributed by atoms with Crippen LogP contribution in [0, 0.1) is 6.92 Å². The lowest BCUT2D eigenvalue weighted by Gasteiger charge is -2.24. The Bertz CT molecular complexity index is 761. The molecule has 0 spiro atoms. The molecule has 0 aliphatic heterocycles. The molecule has 0 unspecified atom stereocenters. The first kappa shape index (κ1) is 20.1. The van der Waals surface area contributed by atoms with E-state index in [2.05, 4.69) is 20.1 Å². The topological polar surface area (TPSA) is 59.8 Å². The second-order valence-corrected chi connectivity index (χ2v) is 8.44. The van der Waals surface area contributed by atoms with Gasteiger partial charge in [0.25, 0.3) is 5.76 Å². The van der Waals surface area contributed by atoms with Gasteiger partial charge in [0, 0.05) is 16.6 Å². The molecule has 1 aliphatic carbocycles. The Hall–Kier alpha value is -1.61. The van der Waals surface area contributed by atoms with Gasteiger partial charge in [-0.2, -0.15) is 8.78 Å². The monoisotopic (exact) mass is 412 g/mol. The maximum Gasteiger partial charge on any atom is 0.288 e. The second kappa shape index (κ2) is 9.54. The number of carbonyl (C=O) groups is 1. The zero-order chi connectivity index (χ0) is 19.2. The van der Waals surface area contributed by atoms with E-state index in [1.54, 1.807) is 24.3 Å². The summed E-state index contributed by atoms with van der Waals surface area (Å²) in [6.07, 6.45) is 5.96. The summed E-state index contributed by atoms with van der Waals surface area (Å²) in [5.41, 5.74) is 0.587. The van der Waals surface area contributed by atoms with Crippen molar-refractivity contribution in [2.75, 3.05) is 11.1 Å². The number of alkyl halides is 2. The number of halogens is 2. The Morgan fingerprint density at radius 2 is 1.93 bits per heavy atom. The highest BCUT2D eigenvalue weighted by Gasteiger charge is 2.21. The summed E-state index contributed by atoms with van der Waals surface area (Å²) in [7, 11) is 0. The Labute approximate surface area is 165 Å². The molecule has 9 heteroatoms. The molecule has 1 aromatic heterocycles. The lowest BCUT2D eigenvalue weighted by atomic mass is 9.95. The molecule has 0 atom stereocenters. The fourth-order valence-electron chi connectivity index (χ4n) is 3.25. The number of anilines is 1. The van der Waals surface area contributed by atoms with E-state index in [9.17, 15) is 13.6 Å². The fourth-order valence-corrected chi connectivity index (χ4v) is 4.60. The van der Waals surface area contributed by atoms with Gasteiger partial charge in [-0.15, -0.1) is 10.2 Å². The highest BCUT2D eigenvalue weighted by atomic mass is 32.2. The molecule has 1 saturated carbocycles. The van der Waals surface area contributed by atoms with Crippen LogP contribution in [0.25, 0.3) is 0 Å². The molecule has 0 saturated heterocycles. The van der Waals surface area contributed by atoms with E-state index in [1.807, 2.05) is 6.92 Å². The van der Waals surface area contributed by atoms with Crippen molar-refractivity contribution >= 4 is 35.1 Å². The number of benzene rings is 1. The number of hydrogen-bond donors (Lipinski definition) is 1. The van der Waals surface area contributed by atoms with E-state index in [4.69, 9.17) is 0 Å². The van der Waals surface area contributed by atoms with Crippen LogP contribution < -0.4 is 5.32 Å². The van der Waals surface area contributed by atoms with Crippen LogP contribution in [-0.4, -0.2) is 32.2 Å². The van der Waals surface area contributed by atoms with Gasteiger partial charge in [0.1, 0.15) is 5.82 Å². The number of aromatic nitrogens is 3. The number of aryl methyl sites for hydroxylation is 1. The average Bonchev–Trinajstić information content (AvgIpc) is 3.02. The standard InChI is InChI=1S/C18H22F2N4OS2/c1-12-22-23-18(24(12)14-5-3-2-4-6-14)26-11-16(25)21-13-7-9-15(10-8-13)27-17(19)20/h7-10,14,17H,2-6,11H2,1H3,(H,21,25). The van der Waals surface area contributed by atoms with Crippen molar-refractivity contribution in [2.24, 2.45) is 0 Å². The van der Waals surface area contributed by atoms with Gasteiger partial charge >= 0.3 is 0 Å². The minimum absolute atomic E-state index is 0.162. The number of hydrogen-bond acceptors (Lipinski definition) is 5. The second-order valence-electron chi connectivity index (χ2n) is 6.43. The molecular formula is C18H22F2N4OS2. The lowest BCUT2D eigenvalue weighted by Crippen LogP contribution is -2.17. The van der Waals surface area contributed by atoms with E-state index in [0.717, 1.165) is 23.8 Å². The number of nitrogens with one attached hydrogen (secondary N) is 1. The van der Waals surface area contributed by atoms with Crippen molar-refractivity contribution < 1.29 is 13.6 Å². The number of amides is 1. The Morgan fingerprint density at radius 3 is 2.59 bits per heavy atom. The van der Waals surface area contributed by atoms with Crippen LogP contribution in [-0.2, 0) is 4.79 Å². The number of thioether (sulfide) groups is 2. The van der Waals surface area contributed by atoms with Crippen molar-refractivity contribution in [1.82, 2.24) is 14.8 Å². The molecule has 5 nitrogen and oxygen atoms in total. The lowest BCUT2D eigenvalue weighted by molar-refractivity contribution is -0.113. The van der Waals surface area contributed by atoms with Crippen LogP contribution in [0.1, 0.15) is 44.0 Å². The summed E-state index contributed by atoms with van der Waals surface area (Å²) in [5.74, 6) is -1.51. The molecular weight excluding hydrogens is 390 g/mol. The molecule has 1 aliphatic rings. The third-order valence-corrected chi connectivity index (χ3v) is 6.14. The van der Waals surface area contributed by atoms with E-state index in [1.165, 1.54) is 31.0 Å². The normalized spacial score (nSPS) is 15.3. The SMILES string of the molecule is Cc1nnc(SCC(=O)Nc2ccc(SC(F)F)cc2)n1C1CCCCC1. The zero-order valence-corrected chi connectivity index (χ0v) is 16.7. The highest BCUT2D eigenvalue weighted by molar-refractivity contribution is 8.00. The third-order valence-electron chi connectivity index (χ3n) is 4.47. The summed E-state index contributed by atoms with van der Waals surface area (Å²) in [6, 6.07) is 6.81. The maximum atomic E-state index is 12.3. The largest absolute Gasteiger partial charge is 0.325 e. The van der Waals surface area contributed by atoms with E-state index >= 15 is 0 Å². The molecule has 27 heavy (non-hydrogen) atoms. The van der Waals surface area contributed by atoms with Gasteiger partial charge in [-0.25, -0.2) is 0 Å². The summed E-state index contributed by atoms with van der Waals surface area (Å²) < 4.78 is 26.8. The van der Waals surface area contributed by atoms with Crippen LogP contribution in [0.5, 0.6) is 0 Å². The first-order valence-corrected chi connectivity index (χ1v) is 10.8. The van der Waals surface area contributed by atoms with Crippen molar-refractivity contribution in [2.45, 2.75) is 60.9 Å². The molecule has 146 valence electrons. The first-order valence-electron chi connectivity index (χ1n) is 8.92. The van der Waals surface area contributed by atoms with E-state index in [-0.39, 0.29) is 11.7 Å². The predicted molar refractivity (Wildman–Crippen MR) is 105 cm³/mol. The quantitative estimate of drug-likeness (QED) is 0.638. The molecule has 1 heterocycles. The minimum atomic E-state index is -2.45. The smallest absolute Gasteiger partial charge is 0.288 e.